The molecule has 2 aromatic rings. The van der Waals surface area contributed by atoms with Crippen LogP contribution < -0.4 is 5.32 Å². The summed E-state index contributed by atoms with van der Waals surface area (Å²) in [7, 11) is 0. The molecular weight excluding hydrogens is 258 g/mol. The van der Waals surface area contributed by atoms with E-state index in [-0.39, 0.29) is 11.7 Å². The van der Waals surface area contributed by atoms with Crippen LogP contribution in [-0.4, -0.2) is 11.7 Å². The van der Waals surface area contributed by atoms with E-state index >= 15 is 0 Å². The van der Waals surface area contributed by atoms with Gasteiger partial charge < -0.3 is 5.32 Å². The summed E-state index contributed by atoms with van der Waals surface area (Å²) in [6.45, 7) is 3.74. The van der Waals surface area contributed by atoms with Crippen LogP contribution in [0.15, 0.2) is 35.0 Å². The molecule has 2 heterocycles. The highest BCUT2D eigenvalue weighted by Gasteiger charge is 2.38. The van der Waals surface area contributed by atoms with Gasteiger partial charge in [0, 0.05) is 22.2 Å². The van der Waals surface area contributed by atoms with Crippen molar-refractivity contribution >= 4 is 28.7 Å². The van der Waals surface area contributed by atoms with Crippen molar-refractivity contribution in [1.82, 2.24) is 0 Å². The smallest absolute Gasteiger partial charge is 0.234 e. The molecule has 0 bridgehead atoms. The van der Waals surface area contributed by atoms with Gasteiger partial charge in [-0.15, -0.1) is 0 Å². The molecule has 1 amide bonds. The lowest BCUT2D eigenvalue weighted by Crippen LogP contribution is -2.27. The third kappa shape index (κ3) is 1.79. The van der Waals surface area contributed by atoms with Gasteiger partial charge in [0.25, 0.3) is 0 Å². The fourth-order valence-electron chi connectivity index (χ4n) is 2.27. The first-order valence-corrected chi connectivity index (χ1v) is 6.97. The zero-order chi connectivity index (χ0) is 13.6. The Morgan fingerprint density at radius 3 is 2.68 bits per heavy atom. The van der Waals surface area contributed by atoms with Gasteiger partial charge in [0.05, 0.1) is 5.41 Å². The van der Waals surface area contributed by atoms with Crippen LogP contribution in [0.1, 0.15) is 35.3 Å². The maximum atomic E-state index is 12.3. The van der Waals surface area contributed by atoms with Crippen molar-refractivity contribution in [3.63, 3.8) is 0 Å². The first-order chi connectivity index (χ1) is 9.00. The number of amides is 1. The van der Waals surface area contributed by atoms with E-state index in [1.807, 2.05) is 42.8 Å². The average Bonchev–Trinajstić information content (AvgIpc) is 2.98. The highest BCUT2D eigenvalue weighted by atomic mass is 32.1. The van der Waals surface area contributed by atoms with E-state index < -0.39 is 5.41 Å². The average molecular weight is 271 g/mol. The molecule has 3 rings (SSSR count). The second kappa shape index (κ2) is 4.03. The van der Waals surface area contributed by atoms with Crippen molar-refractivity contribution in [2.45, 2.75) is 19.3 Å². The van der Waals surface area contributed by atoms with Gasteiger partial charge in [0.15, 0.2) is 5.78 Å². The van der Waals surface area contributed by atoms with Gasteiger partial charge >= 0.3 is 0 Å². The van der Waals surface area contributed by atoms with Gasteiger partial charge in [0.2, 0.25) is 5.91 Å². The Morgan fingerprint density at radius 1 is 1.21 bits per heavy atom. The first-order valence-electron chi connectivity index (χ1n) is 6.03. The van der Waals surface area contributed by atoms with Crippen molar-refractivity contribution in [2.75, 3.05) is 5.32 Å². The summed E-state index contributed by atoms with van der Waals surface area (Å²) >= 11 is 1.50. The zero-order valence-corrected chi connectivity index (χ0v) is 11.5. The SMILES string of the molecule is CC1(C)C(=O)Nc2ccc(C(=O)c3ccsc3)cc21. The number of carbonyl (C=O) groups is 2. The second-order valence-corrected chi connectivity index (χ2v) is 5.96. The maximum Gasteiger partial charge on any atom is 0.234 e. The number of benzene rings is 1. The number of rotatable bonds is 2. The van der Waals surface area contributed by atoms with Gasteiger partial charge in [-0.25, -0.2) is 0 Å². The largest absolute Gasteiger partial charge is 0.325 e. The lowest BCUT2D eigenvalue weighted by atomic mass is 9.85. The summed E-state index contributed by atoms with van der Waals surface area (Å²) in [5.74, 6) is -0.0261. The summed E-state index contributed by atoms with van der Waals surface area (Å²) in [4.78, 5) is 24.2. The first kappa shape index (κ1) is 12.1. The summed E-state index contributed by atoms with van der Waals surface area (Å²) in [6.07, 6.45) is 0. The number of nitrogens with one attached hydrogen (secondary N) is 1. The van der Waals surface area contributed by atoms with Crippen LogP contribution in [0.2, 0.25) is 0 Å². The Hall–Kier alpha value is -1.94. The van der Waals surface area contributed by atoms with Crippen molar-refractivity contribution in [2.24, 2.45) is 0 Å². The predicted molar refractivity (Wildman–Crippen MR) is 75.8 cm³/mol. The number of anilines is 1. The monoisotopic (exact) mass is 271 g/mol. The lowest BCUT2D eigenvalue weighted by molar-refractivity contribution is -0.119. The Labute approximate surface area is 115 Å². The van der Waals surface area contributed by atoms with Gasteiger partial charge in [-0.2, -0.15) is 11.3 Å². The van der Waals surface area contributed by atoms with E-state index in [1.54, 1.807) is 6.07 Å². The molecule has 0 atom stereocenters. The predicted octanol–water partition coefficient (Wildman–Crippen LogP) is 3.21. The molecule has 1 aliphatic heterocycles. The number of hydrogen-bond donors (Lipinski definition) is 1. The molecule has 0 fully saturated rings. The van der Waals surface area contributed by atoms with Crippen LogP contribution in [0.5, 0.6) is 0 Å². The number of thiophene rings is 1. The van der Waals surface area contributed by atoms with Crippen molar-refractivity contribution < 1.29 is 9.59 Å². The zero-order valence-electron chi connectivity index (χ0n) is 10.7. The summed E-state index contributed by atoms with van der Waals surface area (Å²) in [6, 6.07) is 7.21. The minimum atomic E-state index is -0.583. The number of hydrogen-bond acceptors (Lipinski definition) is 3. The fourth-order valence-corrected chi connectivity index (χ4v) is 2.91. The van der Waals surface area contributed by atoms with Crippen molar-refractivity contribution in [3.8, 4) is 0 Å². The van der Waals surface area contributed by atoms with E-state index in [1.165, 1.54) is 11.3 Å². The molecular formula is C15H13NO2S. The van der Waals surface area contributed by atoms with E-state index in [0.717, 1.165) is 11.3 Å². The number of fused-ring (bicyclic) bond motifs is 1. The normalized spacial score (nSPS) is 16.0. The van der Waals surface area contributed by atoms with E-state index in [9.17, 15) is 9.59 Å². The molecule has 1 aromatic carbocycles. The van der Waals surface area contributed by atoms with Gasteiger partial charge in [-0.05, 0) is 49.1 Å². The minimum absolute atomic E-state index is 0.000742. The topological polar surface area (TPSA) is 46.2 Å². The molecule has 0 radical (unpaired) electrons. The Kier molecular flexibility index (Phi) is 2.57. The Morgan fingerprint density at radius 2 is 2.00 bits per heavy atom. The van der Waals surface area contributed by atoms with E-state index in [2.05, 4.69) is 5.32 Å². The molecule has 0 unspecified atom stereocenters. The third-order valence-corrected chi connectivity index (χ3v) is 4.24. The molecule has 1 N–H and O–H groups in total. The Balaban J connectivity index is 2.06. The Bertz CT molecular complexity index is 671. The molecule has 1 aromatic heterocycles. The standard InChI is InChI=1S/C15H13NO2S/c1-15(2)11-7-9(3-4-12(11)16-14(15)18)13(17)10-5-6-19-8-10/h3-8H,1-2H3,(H,16,18). The van der Waals surface area contributed by atoms with Gasteiger partial charge in [0.1, 0.15) is 0 Å². The molecule has 1 aliphatic rings. The molecule has 3 nitrogen and oxygen atoms in total. The third-order valence-electron chi connectivity index (χ3n) is 3.55. The van der Waals surface area contributed by atoms with Gasteiger partial charge in [-0.3, -0.25) is 9.59 Å². The molecule has 0 aliphatic carbocycles. The maximum absolute atomic E-state index is 12.3. The molecule has 0 saturated carbocycles. The quantitative estimate of drug-likeness (QED) is 0.852. The van der Waals surface area contributed by atoms with Crippen LogP contribution in [0.4, 0.5) is 5.69 Å². The number of ketones is 1. The number of carbonyl (C=O) groups excluding carboxylic acids is 2. The summed E-state index contributed by atoms with van der Waals surface area (Å²) < 4.78 is 0. The molecule has 96 valence electrons. The van der Waals surface area contributed by atoms with Crippen molar-refractivity contribution in [1.29, 1.82) is 0 Å². The van der Waals surface area contributed by atoms with E-state index in [0.29, 0.717) is 11.1 Å². The van der Waals surface area contributed by atoms with Crippen LogP contribution in [0.3, 0.4) is 0 Å². The van der Waals surface area contributed by atoms with Crippen LogP contribution in [0, 0.1) is 0 Å². The van der Waals surface area contributed by atoms with Crippen LogP contribution >= 0.6 is 11.3 Å². The highest BCUT2D eigenvalue weighted by molar-refractivity contribution is 7.08. The molecule has 0 saturated heterocycles. The highest BCUT2D eigenvalue weighted by Crippen LogP contribution is 2.37. The summed E-state index contributed by atoms with van der Waals surface area (Å²) in [5, 5.41) is 6.56. The van der Waals surface area contributed by atoms with Gasteiger partial charge in [-0.1, -0.05) is 0 Å². The van der Waals surface area contributed by atoms with Crippen LogP contribution in [-0.2, 0) is 10.2 Å². The van der Waals surface area contributed by atoms with E-state index in [4.69, 9.17) is 0 Å². The fraction of sp³-hybridized carbons (Fsp3) is 0.200. The lowest BCUT2D eigenvalue weighted by Gasteiger charge is -2.15. The minimum Gasteiger partial charge on any atom is -0.325 e. The second-order valence-electron chi connectivity index (χ2n) is 5.18. The van der Waals surface area contributed by atoms with Crippen molar-refractivity contribution in [3.05, 3.63) is 51.7 Å². The summed E-state index contributed by atoms with van der Waals surface area (Å²) in [5.41, 5.74) is 2.43. The molecule has 0 spiro atoms. The van der Waals surface area contributed by atoms with Crippen LogP contribution in [0.25, 0.3) is 0 Å². The molecule has 4 heteroatoms. The molecule has 19 heavy (non-hydrogen) atoms.